The third kappa shape index (κ3) is 4.01. The fourth-order valence-corrected chi connectivity index (χ4v) is 4.35. The molecule has 11 heteroatoms. The summed E-state index contributed by atoms with van der Waals surface area (Å²) in [5.41, 5.74) is -0.654. The maximum absolute atomic E-state index is 13.9. The van der Waals surface area contributed by atoms with E-state index in [9.17, 15) is 22.4 Å². The summed E-state index contributed by atoms with van der Waals surface area (Å²) in [6, 6.07) is 1.50. The number of hydrogen-bond acceptors (Lipinski definition) is 5. The topological polar surface area (TPSA) is 59.3 Å². The molecular formula is C19H13ClF4N4OS. The fourth-order valence-electron chi connectivity index (χ4n) is 3.13. The number of fused-ring (bicyclic) bond motifs is 1. The molecule has 0 spiro atoms. The Morgan fingerprint density at radius 2 is 1.93 bits per heavy atom. The van der Waals surface area contributed by atoms with Gasteiger partial charge in [-0.3, -0.25) is 9.79 Å². The predicted molar refractivity (Wildman–Crippen MR) is 108 cm³/mol. The minimum Gasteiger partial charge on any atom is -0.324 e. The van der Waals surface area contributed by atoms with Crippen LogP contribution >= 0.6 is 23.4 Å². The minimum absolute atomic E-state index is 0.0109. The van der Waals surface area contributed by atoms with E-state index in [4.69, 9.17) is 11.6 Å². The third-order valence-corrected chi connectivity index (χ3v) is 5.86. The van der Waals surface area contributed by atoms with Crippen molar-refractivity contribution in [2.24, 2.45) is 4.99 Å². The van der Waals surface area contributed by atoms with Gasteiger partial charge in [0.1, 0.15) is 0 Å². The Balaban J connectivity index is 1.68. The zero-order valence-corrected chi connectivity index (χ0v) is 16.9. The van der Waals surface area contributed by atoms with Crippen LogP contribution in [-0.2, 0) is 6.54 Å². The monoisotopic (exact) mass is 456 g/mol. The van der Waals surface area contributed by atoms with Gasteiger partial charge >= 0.3 is 5.56 Å². The first-order chi connectivity index (χ1) is 14.2. The zero-order chi connectivity index (χ0) is 21.6. The van der Waals surface area contributed by atoms with Crippen LogP contribution < -0.4 is 10.9 Å². The number of halogens is 5. The zero-order valence-electron chi connectivity index (χ0n) is 15.3. The Kier molecular flexibility index (Phi) is 5.46. The molecule has 4 rings (SSSR count). The lowest BCUT2D eigenvalue weighted by Gasteiger charge is -2.20. The number of aliphatic imine (C=N–C) groups is 1. The van der Waals surface area contributed by atoms with Gasteiger partial charge in [0.15, 0.2) is 17.5 Å². The lowest BCUT2D eigenvalue weighted by atomic mass is 10.1. The SMILES string of the molecule is CC1=NC2CC(Cl)=C(Nc3nc(=O)c(F)cn3Cc3cc(F)c(F)c(F)c3)C=C2S1. The second-order valence-corrected chi connectivity index (χ2v) is 8.40. The molecule has 0 saturated heterocycles. The van der Waals surface area contributed by atoms with Gasteiger partial charge in [-0.25, -0.2) is 13.2 Å². The van der Waals surface area contributed by atoms with E-state index in [1.807, 2.05) is 6.92 Å². The van der Waals surface area contributed by atoms with Crippen LogP contribution in [0.3, 0.4) is 0 Å². The first-order valence-electron chi connectivity index (χ1n) is 8.71. The molecule has 1 aromatic carbocycles. The van der Waals surface area contributed by atoms with Crippen molar-refractivity contribution in [1.29, 1.82) is 0 Å². The summed E-state index contributed by atoms with van der Waals surface area (Å²) in [5, 5.41) is 4.22. The van der Waals surface area contributed by atoms with Crippen LogP contribution in [0.25, 0.3) is 0 Å². The summed E-state index contributed by atoms with van der Waals surface area (Å²) in [7, 11) is 0. The van der Waals surface area contributed by atoms with Gasteiger partial charge in [-0.2, -0.15) is 9.37 Å². The molecule has 0 bridgehead atoms. The Labute approximate surface area is 177 Å². The average molecular weight is 457 g/mol. The normalized spacial score (nSPS) is 18.3. The van der Waals surface area contributed by atoms with Crippen molar-refractivity contribution in [2.45, 2.75) is 25.9 Å². The highest BCUT2D eigenvalue weighted by Gasteiger charge is 2.28. The maximum Gasteiger partial charge on any atom is 0.310 e. The van der Waals surface area contributed by atoms with E-state index in [1.54, 1.807) is 6.08 Å². The molecule has 1 aliphatic heterocycles. The molecule has 2 heterocycles. The second-order valence-electron chi connectivity index (χ2n) is 6.68. The largest absolute Gasteiger partial charge is 0.324 e. The quantitative estimate of drug-likeness (QED) is 0.542. The van der Waals surface area contributed by atoms with E-state index in [0.717, 1.165) is 32.8 Å². The molecule has 1 aliphatic carbocycles. The van der Waals surface area contributed by atoms with Gasteiger partial charge < -0.3 is 9.88 Å². The Morgan fingerprint density at radius 1 is 1.23 bits per heavy atom. The first-order valence-corrected chi connectivity index (χ1v) is 9.90. The maximum atomic E-state index is 13.9. The van der Waals surface area contributed by atoms with Crippen LogP contribution in [0.5, 0.6) is 0 Å². The van der Waals surface area contributed by atoms with Gasteiger partial charge in [-0.05, 0) is 30.7 Å². The number of thioether (sulfide) groups is 1. The van der Waals surface area contributed by atoms with Gasteiger partial charge in [-0.15, -0.1) is 0 Å². The van der Waals surface area contributed by atoms with E-state index in [2.05, 4.69) is 15.3 Å². The summed E-state index contributed by atoms with van der Waals surface area (Å²) in [4.78, 5) is 20.8. The molecule has 156 valence electrons. The highest BCUT2D eigenvalue weighted by molar-refractivity contribution is 8.17. The average Bonchev–Trinajstić information content (AvgIpc) is 3.02. The summed E-state index contributed by atoms with van der Waals surface area (Å²) >= 11 is 7.85. The van der Waals surface area contributed by atoms with Gasteiger partial charge in [0, 0.05) is 22.6 Å². The molecular weight excluding hydrogens is 444 g/mol. The molecule has 30 heavy (non-hydrogen) atoms. The molecule has 0 fully saturated rings. The van der Waals surface area contributed by atoms with E-state index < -0.39 is 28.8 Å². The molecule has 1 N–H and O–H groups in total. The van der Waals surface area contributed by atoms with Crippen molar-refractivity contribution in [3.8, 4) is 0 Å². The van der Waals surface area contributed by atoms with Crippen molar-refractivity contribution < 1.29 is 17.6 Å². The number of nitrogens with one attached hydrogen (secondary N) is 1. The van der Waals surface area contributed by atoms with Crippen LogP contribution in [0.15, 0.2) is 49.8 Å². The molecule has 1 aromatic heterocycles. The van der Waals surface area contributed by atoms with Crippen molar-refractivity contribution in [3.63, 3.8) is 0 Å². The van der Waals surface area contributed by atoms with Crippen molar-refractivity contribution in [2.75, 3.05) is 5.32 Å². The van der Waals surface area contributed by atoms with E-state index >= 15 is 0 Å². The van der Waals surface area contributed by atoms with Crippen LogP contribution in [-0.4, -0.2) is 20.6 Å². The van der Waals surface area contributed by atoms with Gasteiger partial charge in [0.25, 0.3) is 0 Å². The van der Waals surface area contributed by atoms with Crippen molar-refractivity contribution >= 4 is 34.4 Å². The first kappa shape index (κ1) is 20.7. The summed E-state index contributed by atoms with van der Waals surface area (Å²) in [6.45, 7) is 1.60. The number of anilines is 1. The van der Waals surface area contributed by atoms with Crippen LogP contribution in [0.1, 0.15) is 18.9 Å². The summed E-state index contributed by atoms with van der Waals surface area (Å²) in [6.07, 6.45) is 3.06. The molecule has 1 atom stereocenters. The molecule has 5 nitrogen and oxygen atoms in total. The fraction of sp³-hybridized carbons (Fsp3) is 0.211. The molecule has 2 aromatic rings. The Morgan fingerprint density at radius 3 is 2.63 bits per heavy atom. The smallest absolute Gasteiger partial charge is 0.310 e. The number of aromatic nitrogens is 2. The minimum atomic E-state index is -1.60. The lowest BCUT2D eigenvalue weighted by Crippen LogP contribution is -2.22. The van der Waals surface area contributed by atoms with Crippen LogP contribution in [0.2, 0.25) is 0 Å². The molecule has 1 unspecified atom stereocenters. The Hall–Kier alpha value is -2.59. The molecule has 0 amide bonds. The standard InChI is InChI=1S/C19H13ClF4N4OS/c1-8-25-15-4-10(20)14(5-16(15)30-8)26-19-27-18(29)13(23)7-28(19)6-9-2-11(21)17(24)12(22)3-9/h2-3,5,7,15H,4,6H2,1H3,(H,26,27,29). The van der Waals surface area contributed by atoms with Gasteiger partial charge in [0.05, 0.1) is 23.3 Å². The van der Waals surface area contributed by atoms with E-state index in [-0.39, 0.29) is 24.1 Å². The number of rotatable bonds is 4. The third-order valence-electron chi connectivity index (χ3n) is 4.48. The summed E-state index contributed by atoms with van der Waals surface area (Å²) < 4.78 is 55.3. The van der Waals surface area contributed by atoms with Crippen LogP contribution in [0.4, 0.5) is 23.5 Å². The highest BCUT2D eigenvalue weighted by atomic mass is 35.5. The van der Waals surface area contributed by atoms with E-state index in [0.29, 0.717) is 17.2 Å². The van der Waals surface area contributed by atoms with Gasteiger partial charge in [0.2, 0.25) is 11.8 Å². The summed E-state index contributed by atoms with van der Waals surface area (Å²) in [5.74, 6) is -5.60. The van der Waals surface area contributed by atoms with Crippen molar-refractivity contribution in [1.82, 2.24) is 9.55 Å². The Bertz CT molecular complexity index is 1180. The predicted octanol–water partition coefficient (Wildman–Crippen LogP) is 4.53. The highest BCUT2D eigenvalue weighted by Crippen LogP contribution is 2.40. The van der Waals surface area contributed by atoms with Crippen molar-refractivity contribution in [3.05, 3.63) is 79.2 Å². The van der Waals surface area contributed by atoms with Crippen LogP contribution in [0, 0.1) is 23.3 Å². The van der Waals surface area contributed by atoms with E-state index in [1.165, 1.54) is 11.8 Å². The van der Waals surface area contributed by atoms with Gasteiger partial charge in [-0.1, -0.05) is 23.4 Å². The number of allylic oxidation sites excluding steroid dienone is 1. The molecule has 0 saturated carbocycles. The number of benzene rings is 1. The molecule has 0 radical (unpaired) electrons. The lowest BCUT2D eigenvalue weighted by molar-refractivity contribution is 0.444. The number of nitrogens with zero attached hydrogens (tertiary/aromatic N) is 3. The number of hydrogen-bond donors (Lipinski definition) is 1. The molecule has 2 aliphatic rings. The second kappa shape index (κ2) is 7.92.